The third kappa shape index (κ3) is 6.84. The van der Waals surface area contributed by atoms with E-state index in [0.29, 0.717) is 48.1 Å². The first-order valence-corrected chi connectivity index (χ1v) is 19.9. The number of para-hydroxylation sites is 1. The number of anilines is 1. The van der Waals surface area contributed by atoms with Crippen LogP contribution in [0.15, 0.2) is 157 Å². The van der Waals surface area contributed by atoms with E-state index in [2.05, 4.69) is 15.0 Å². The van der Waals surface area contributed by atoms with Gasteiger partial charge in [0.15, 0.2) is 15.5 Å². The van der Waals surface area contributed by atoms with Crippen molar-refractivity contribution in [1.29, 1.82) is 0 Å². The summed E-state index contributed by atoms with van der Waals surface area (Å²) < 4.78 is 77.9. The van der Waals surface area contributed by atoms with E-state index in [9.17, 15) is 8.42 Å². The monoisotopic (exact) mass is 758 g/mol. The number of fused-ring (bicyclic) bond motifs is 1. The van der Waals surface area contributed by atoms with Crippen molar-refractivity contribution in [1.82, 2.24) is 14.8 Å². The number of piperidine rings is 1. The van der Waals surface area contributed by atoms with Gasteiger partial charge in [-0.2, -0.15) is 18.3 Å². The Bertz CT molecular complexity index is 2460. The number of rotatable bonds is 9. The molecule has 2 aromatic heterocycles. The van der Waals surface area contributed by atoms with Gasteiger partial charge in [0.2, 0.25) is 0 Å². The molecular formula is C44H37F3N4O3S. The molecule has 0 unspecified atom stereocenters. The van der Waals surface area contributed by atoms with Gasteiger partial charge in [0.05, 0.1) is 5.52 Å². The van der Waals surface area contributed by atoms with Gasteiger partial charge in [-0.05, 0) is 52.6 Å². The molecule has 7 nitrogen and oxygen atoms in total. The van der Waals surface area contributed by atoms with Crippen LogP contribution in [0.2, 0.25) is 0 Å². The van der Waals surface area contributed by atoms with Crippen LogP contribution < -0.4 is 9.64 Å². The molecule has 1 saturated heterocycles. The van der Waals surface area contributed by atoms with Crippen LogP contribution in [0.25, 0.3) is 22.0 Å². The van der Waals surface area contributed by atoms with Crippen molar-refractivity contribution in [2.45, 2.75) is 35.6 Å². The molecule has 0 N–H and O–H groups in total. The number of sulfone groups is 1. The van der Waals surface area contributed by atoms with Crippen molar-refractivity contribution < 1.29 is 26.3 Å². The van der Waals surface area contributed by atoms with Crippen LogP contribution in [0.4, 0.5) is 18.9 Å². The van der Waals surface area contributed by atoms with Gasteiger partial charge < -0.3 is 9.64 Å². The minimum Gasteiger partial charge on any atom is -0.489 e. The third-order valence-electron chi connectivity index (χ3n) is 10.3. The van der Waals surface area contributed by atoms with E-state index < -0.39 is 27.2 Å². The molecule has 0 amide bonds. The second-order valence-corrected chi connectivity index (χ2v) is 15.7. The molecule has 8 rings (SSSR count). The van der Waals surface area contributed by atoms with E-state index in [1.54, 1.807) is 48.7 Å². The number of hydrogen-bond acceptors (Lipinski definition) is 6. The summed E-state index contributed by atoms with van der Waals surface area (Å²) in [5, 5.41) is 5.14. The number of hydrogen-bond donors (Lipinski definition) is 0. The van der Waals surface area contributed by atoms with E-state index in [1.165, 1.54) is 10.9 Å². The molecule has 7 aromatic rings. The zero-order chi connectivity index (χ0) is 38.2. The summed E-state index contributed by atoms with van der Waals surface area (Å²) in [5.74, 6) is 0.333. The van der Waals surface area contributed by atoms with Crippen molar-refractivity contribution >= 4 is 26.4 Å². The molecule has 0 saturated carbocycles. The zero-order valence-corrected chi connectivity index (χ0v) is 30.7. The third-order valence-corrected chi connectivity index (χ3v) is 11.4. The maximum atomic E-state index is 15.2. The van der Waals surface area contributed by atoms with Crippen molar-refractivity contribution in [2.75, 3.05) is 24.2 Å². The first-order chi connectivity index (χ1) is 26.5. The highest BCUT2D eigenvalue weighted by Crippen LogP contribution is 2.45. The lowest BCUT2D eigenvalue weighted by Gasteiger charge is -2.36. The molecule has 11 heteroatoms. The van der Waals surface area contributed by atoms with E-state index in [-0.39, 0.29) is 16.6 Å². The van der Waals surface area contributed by atoms with Crippen molar-refractivity contribution in [2.24, 2.45) is 0 Å². The summed E-state index contributed by atoms with van der Waals surface area (Å²) in [6, 6.07) is 42.1. The molecule has 278 valence electrons. The van der Waals surface area contributed by atoms with Crippen LogP contribution in [0.3, 0.4) is 0 Å². The first-order valence-electron chi connectivity index (χ1n) is 18.0. The Morgan fingerprint density at radius 1 is 0.727 bits per heavy atom. The fraction of sp³-hybridized carbons (Fsp3) is 0.182. The maximum Gasteiger partial charge on any atom is 0.435 e. The predicted octanol–water partition coefficient (Wildman–Crippen LogP) is 9.41. The normalized spacial score (nSPS) is 14.3. The van der Waals surface area contributed by atoms with Crippen LogP contribution in [0.1, 0.15) is 35.2 Å². The number of benzene rings is 5. The predicted molar refractivity (Wildman–Crippen MR) is 208 cm³/mol. The van der Waals surface area contributed by atoms with Crippen molar-refractivity contribution in [3.63, 3.8) is 0 Å². The molecule has 1 aliphatic heterocycles. The Morgan fingerprint density at radius 3 is 1.85 bits per heavy atom. The van der Waals surface area contributed by atoms with Gasteiger partial charge >= 0.3 is 6.18 Å². The Morgan fingerprint density at radius 2 is 1.29 bits per heavy atom. The molecule has 0 atom stereocenters. The Balaban J connectivity index is 1.20. The molecule has 0 bridgehead atoms. The van der Waals surface area contributed by atoms with Crippen LogP contribution in [-0.4, -0.2) is 48.6 Å². The highest BCUT2D eigenvalue weighted by atomic mass is 32.2. The van der Waals surface area contributed by atoms with Gasteiger partial charge in [0, 0.05) is 61.2 Å². The van der Waals surface area contributed by atoms with E-state index in [4.69, 9.17) is 4.74 Å². The van der Waals surface area contributed by atoms with Gasteiger partial charge in [0.1, 0.15) is 22.3 Å². The van der Waals surface area contributed by atoms with Gasteiger partial charge in [-0.15, -0.1) is 0 Å². The number of halogens is 3. The standard InChI is InChI=1S/C44H37F3N4O3S/c1-55(52,53)41-20-12-11-19-40(41)54-35-24-27-50(28-25-35)39-23-26-48-38-22-21-31(29-36(38)39)37-30-51(49-42(37)44(45,46)47)43(32-13-5-2-6-14-32,33-15-7-3-8-16-33)34-17-9-4-10-18-34/h2-23,26,29-30,35H,24-25,27-28H2,1H3. The van der Waals surface area contributed by atoms with Gasteiger partial charge in [-0.1, -0.05) is 109 Å². The highest BCUT2D eigenvalue weighted by Gasteiger charge is 2.44. The summed E-state index contributed by atoms with van der Waals surface area (Å²) in [5.41, 5.74) is 1.85. The van der Waals surface area contributed by atoms with Gasteiger partial charge in [0.25, 0.3) is 0 Å². The molecule has 55 heavy (non-hydrogen) atoms. The minimum absolute atomic E-state index is 0.0481. The molecular weight excluding hydrogens is 722 g/mol. The SMILES string of the molecule is CS(=O)(=O)c1ccccc1OC1CCN(c2ccnc3ccc(-c4cn(C(c5ccccc5)(c5ccccc5)c5ccccc5)nc4C(F)(F)F)cc23)CC1. The lowest BCUT2D eigenvalue weighted by molar-refractivity contribution is -0.141. The van der Waals surface area contributed by atoms with E-state index >= 15 is 13.2 Å². The van der Waals surface area contributed by atoms with E-state index in [1.807, 2.05) is 97.1 Å². The van der Waals surface area contributed by atoms with Gasteiger partial charge in [-0.3, -0.25) is 9.67 Å². The number of ether oxygens (including phenoxy) is 1. The quantitative estimate of drug-likeness (QED) is 0.137. The number of aromatic nitrogens is 3. The van der Waals surface area contributed by atoms with Crippen LogP contribution in [0.5, 0.6) is 5.75 Å². The lowest BCUT2D eigenvalue weighted by Crippen LogP contribution is -2.38. The van der Waals surface area contributed by atoms with E-state index in [0.717, 1.165) is 28.6 Å². The Hall–Kier alpha value is -5.94. The summed E-state index contributed by atoms with van der Waals surface area (Å²) in [4.78, 5) is 6.89. The summed E-state index contributed by atoms with van der Waals surface area (Å²) in [7, 11) is -3.47. The second kappa shape index (κ2) is 14.4. The minimum atomic E-state index is -4.76. The average molecular weight is 759 g/mol. The Kier molecular flexibility index (Phi) is 9.42. The second-order valence-electron chi connectivity index (χ2n) is 13.7. The van der Waals surface area contributed by atoms with Crippen molar-refractivity contribution in [3.05, 3.63) is 174 Å². The topological polar surface area (TPSA) is 77.3 Å². The Labute approximate surface area is 317 Å². The molecule has 1 fully saturated rings. The fourth-order valence-corrected chi connectivity index (χ4v) is 8.53. The molecule has 0 spiro atoms. The van der Waals surface area contributed by atoms with Gasteiger partial charge in [-0.25, -0.2) is 8.42 Å². The lowest BCUT2D eigenvalue weighted by atomic mass is 9.77. The number of nitrogens with zero attached hydrogens (tertiary/aromatic N) is 4. The maximum absolute atomic E-state index is 15.2. The van der Waals surface area contributed by atoms with Crippen LogP contribution >= 0.6 is 0 Å². The summed E-state index contributed by atoms with van der Waals surface area (Å²) >= 11 is 0. The van der Waals surface area contributed by atoms with Crippen molar-refractivity contribution in [3.8, 4) is 16.9 Å². The zero-order valence-electron chi connectivity index (χ0n) is 29.9. The van der Waals surface area contributed by atoms with Crippen LogP contribution in [0, 0.1) is 0 Å². The molecule has 1 aliphatic rings. The average Bonchev–Trinajstić information content (AvgIpc) is 3.66. The highest BCUT2D eigenvalue weighted by molar-refractivity contribution is 7.90. The molecule has 0 aliphatic carbocycles. The molecule has 3 heterocycles. The number of pyridine rings is 1. The fourth-order valence-electron chi connectivity index (χ4n) is 7.72. The summed E-state index contributed by atoms with van der Waals surface area (Å²) in [6.45, 7) is 1.18. The first kappa shape index (κ1) is 36.1. The largest absolute Gasteiger partial charge is 0.489 e. The molecule has 0 radical (unpaired) electrons. The number of alkyl halides is 3. The summed E-state index contributed by atoms with van der Waals surface area (Å²) in [6.07, 6.45) is 0.651. The molecule has 5 aromatic carbocycles. The smallest absolute Gasteiger partial charge is 0.435 e. The van der Waals surface area contributed by atoms with Crippen LogP contribution in [-0.2, 0) is 21.6 Å².